The molecule has 0 fully saturated rings. The van der Waals surface area contributed by atoms with Crippen molar-refractivity contribution >= 4 is 46.3 Å². The van der Waals surface area contributed by atoms with Gasteiger partial charge in [-0.15, -0.1) is 0 Å². The van der Waals surface area contributed by atoms with Gasteiger partial charge in [-0.2, -0.15) is 8.42 Å². The predicted molar refractivity (Wildman–Crippen MR) is 158 cm³/mol. The fourth-order valence-corrected chi connectivity index (χ4v) is 5.03. The average Bonchev–Trinajstić information content (AvgIpc) is 2.86. The van der Waals surface area contributed by atoms with Crippen molar-refractivity contribution in [2.24, 2.45) is 4.99 Å². The molecule has 1 atom stereocenters. The van der Waals surface area contributed by atoms with Crippen LogP contribution in [0.4, 0.5) is 5.69 Å². The summed E-state index contributed by atoms with van der Waals surface area (Å²) in [5.41, 5.74) is 4.16. The molecule has 0 heterocycles. The van der Waals surface area contributed by atoms with E-state index in [1.165, 1.54) is 0 Å². The second kappa shape index (κ2) is 13.2. The van der Waals surface area contributed by atoms with Crippen LogP contribution < -0.4 is 0 Å². The maximum Gasteiger partial charge on any atom is 0.264 e. The summed E-state index contributed by atoms with van der Waals surface area (Å²) in [5, 5.41) is 11.2. The summed E-state index contributed by atoms with van der Waals surface area (Å²) < 4.78 is 29.6. The van der Waals surface area contributed by atoms with Crippen molar-refractivity contribution in [3.8, 4) is 0 Å². The lowest BCUT2D eigenvalue weighted by molar-refractivity contribution is 0.0773. The van der Waals surface area contributed by atoms with Gasteiger partial charge < -0.3 is 5.11 Å². The summed E-state index contributed by atoms with van der Waals surface area (Å²) in [6, 6.07) is 20.8. The molecule has 38 heavy (non-hydrogen) atoms. The van der Waals surface area contributed by atoms with E-state index in [-0.39, 0.29) is 0 Å². The van der Waals surface area contributed by atoms with E-state index in [0.717, 1.165) is 39.8 Å². The molecule has 0 saturated carbocycles. The molecule has 3 rings (SSSR count). The topological polar surface area (TPSA) is 76.0 Å². The van der Waals surface area contributed by atoms with Crippen LogP contribution in [0.2, 0.25) is 5.02 Å². The quantitative estimate of drug-likeness (QED) is 0.185. The minimum absolute atomic E-state index is 0.441. The van der Waals surface area contributed by atoms with Crippen molar-refractivity contribution in [3.05, 3.63) is 112 Å². The lowest BCUT2D eigenvalue weighted by atomic mass is 9.90. The molecule has 7 heteroatoms. The Balaban J connectivity index is 1.74. The van der Waals surface area contributed by atoms with Crippen LogP contribution in [-0.2, 0) is 26.3 Å². The molecular formula is C31H34ClNO4S. The Kier molecular flexibility index (Phi) is 10.2. The molecule has 0 saturated heterocycles. The van der Waals surface area contributed by atoms with E-state index in [2.05, 4.69) is 11.7 Å². The van der Waals surface area contributed by atoms with Crippen LogP contribution in [-0.4, -0.2) is 26.5 Å². The van der Waals surface area contributed by atoms with E-state index in [4.69, 9.17) is 15.8 Å². The number of rotatable bonds is 12. The van der Waals surface area contributed by atoms with Crippen molar-refractivity contribution in [2.45, 2.75) is 44.8 Å². The molecule has 1 N–H and O–H groups in total. The van der Waals surface area contributed by atoms with Crippen molar-refractivity contribution in [1.29, 1.82) is 0 Å². The molecule has 0 spiro atoms. The SMILES string of the molecule is C=Nc1cc(Cl)ccc1/C=C\C/C=C/c1cccc(C(CCc2ccccc2C(C)(C)O)OS(C)(=O)=O)c1. The Morgan fingerprint density at radius 2 is 1.79 bits per heavy atom. The molecule has 1 unspecified atom stereocenters. The number of benzene rings is 3. The van der Waals surface area contributed by atoms with E-state index in [1.807, 2.05) is 85.0 Å². The smallest absolute Gasteiger partial charge is 0.264 e. The molecule has 0 aliphatic carbocycles. The number of hydrogen-bond donors (Lipinski definition) is 1. The van der Waals surface area contributed by atoms with Crippen molar-refractivity contribution < 1.29 is 17.7 Å². The predicted octanol–water partition coefficient (Wildman–Crippen LogP) is 7.67. The summed E-state index contributed by atoms with van der Waals surface area (Å²) in [6.07, 6.45) is 10.1. The molecule has 0 radical (unpaired) electrons. The largest absolute Gasteiger partial charge is 0.386 e. The number of aryl methyl sites for hydroxylation is 1. The van der Waals surface area contributed by atoms with Gasteiger partial charge in [0.25, 0.3) is 10.1 Å². The Morgan fingerprint density at radius 1 is 1.05 bits per heavy atom. The third-order valence-electron chi connectivity index (χ3n) is 5.97. The Bertz CT molecular complexity index is 1420. The standard InChI is InChI=1S/C31H34ClNO4S/c1-31(2,34)28-16-9-8-13-24(28)18-20-30(37-38(4,35)36)26-15-10-12-23(21-26)11-6-5-7-14-25-17-19-27(32)22-29(25)33-3/h6-17,19,21-22,30,34H,3,5,18,20H2,1-2,4H3/b11-6+,14-7-. The highest BCUT2D eigenvalue weighted by Crippen LogP contribution is 2.30. The second-order valence-electron chi connectivity index (χ2n) is 9.62. The van der Waals surface area contributed by atoms with Gasteiger partial charge in [0.2, 0.25) is 0 Å². The highest BCUT2D eigenvalue weighted by atomic mass is 35.5. The number of allylic oxidation sites excluding steroid dienone is 2. The van der Waals surface area contributed by atoms with E-state index >= 15 is 0 Å². The molecule has 3 aromatic rings. The van der Waals surface area contributed by atoms with Crippen LogP contribution in [0.15, 0.2) is 83.9 Å². The molecule has 0 bridgehead atoms. The zero-order valence-electron chi connectivity index (χ0n) is 22.0. The van der Waals surface area contributed by atoms with Crippen LogP contribution in [0.5, 0.6) is 0 Å². The average molecular weight is 552 g/mol. The minimum atomic E-state index is -3.68. The number of halogens is 1. The molecular weight excluding hydrogens is 518 g/mol. The summed E-state index contributed by atoms with van der Waals surface area (Å²) in [4.78, 5) is 4.01. The molecule has 5 nitrogen and oxygen atoms in total. The Labute approximate surface area is 231 Å². The molecule has 0 aliphatic rings. The van der Waals surface area contributed by atoms with Crippen LogP contribution in [0, 0.1) is 0 Å². The van der Waals surface area contributed by atoms with E-state index in [9.17, 15) is 13.5 Å². The van der Waals surface area contributed by atoms with Gasteiger partial charge in [-0.05, 0) is 85.8 Å². The first kappa shape index (κ1) is 29.5. The van der Waals surface area contributed by atoms with Gasteiger partial charge in [-0.1, -0.05) is 84.4 Å². The normalized spacial score (nSPS) is 13.3. The summed E-state index contributed by atoms with van der Waals surface area (Å²) in [5.74, 6) is 0. The number of aliphatic imine (C=N–C) groups is 1. The van der Waals surface area contributed by atoms with Gasteiger partial charge >= 0.3 is 0 Å². The lowest BCUT2D eigenvalue weighted by Gasteiger charge is -2.23. The van der Waals surface area contributed by atoms with Crippen molar-refractivity contribution in [2.75, 3.05) is 6.26 Å². The third-order valence-corrected chi connectivity index (χ3v) is 6.79. The fourth-order valence-electron chi connectivity index (χ4n) is 4.24. The monoisotopic (exact) mass is 551 g/mol. The van der Waals surface area contributed by atoms with Crippen LogP contribution >= 0.6 is 11.6 Å². The fraction of sp³-hybridized carbons (Fsp3) is 0.258. The van der Waals surface area contributed by atoms with Gasteiger partial charge in [-0.25, -0.2) is 0 Å². The number of aliphatic hydroxyl groups is 1. The van der Waals surface area contributed by atoms with E-state index in [0.29, 0.717) is 24.3 Å². The second-order valence-corrected chi connectivity index (χ2v) is 11.7. The van der Waals surface area contributed by atoms with Gasteiger partial charge in [-0.3, -0.25) is 9.18 Å². The Morgan fingerprint density at radius 3 is 2.50 bits per heavy atom. The number of nitrogens with zero attached hydrogens (tertiary/aromatic N) is 1. The molecule has 3 aromatic carbocycles. The van der Waals surface area contributed by atoms with Crippen LogP contribution in [0.1, 0.15) is 60.6 Å². The van der Waals surface area contributed by atoms with Crippen LogP contribution in [0.3, 0.4) is 0 Å². The van der Waals surface area contributed by atoms with Gasteiger partial charge in [0.1, 0.15) is 6.10 Å². The van der Waals surface area contributed by atoms with E-state index < -0.39 is 21.8 Å². The first-order valence-corrected chi connectivity index (χ1v) is 14.5. The highest BCUT2D eigenvalue weighted by molar-refractivity contribution is 7.86. The Hall–Kier alpha value is -3.03. The van der Waals surface area contributed by atoms with Crippen molar-refractivity contribution in [1.82, 2.24) is 0 Å². The first-order valence-electron chi connectivity index (χ1n) is 12.3. The maximum atomic E-state index is 12.1. The maximum absolute atomic E-state index is 12.1. The van der Waals surface area contributed by atoms with Gasteiger partial charge in [0, 0.05) is 5.02 Å². The van der Waals surface area contributed by atoms with Crippen molar-refractivity contribution in [3.63, 3.8) is 0 Å². The van der Waals surface area contributed by atoms with Crippen LogP contribution in [0.25, 0.3) is 12.2 Å². The van der Waals surface area contributed by atoms with Gasteiger partial charge in [0.15, 0.2) is 0 Å². The zero-order valence-corrected chi connectivity index (χ0v) is 23.5. The lowest BCUT2D eigenvalue weighted by Crippen LogP contribution is -2.18. The third kappa shape index (κ3) is 9.07. The zero-order chi connectivity index (χ0) is 27.8. The van der Waals surface area contributed by atoms with Gasteiger partial charge in [0.05, 0.1) is 17.5 Å². The number of hydrogen-bond acceptors (Lipinski definition) is 5. The minimum Gasteiger partial charge on any atom is -0.386 e. The molecule has 0 amide bonds. The summed E-state index contributed by atoms with van der Waals surface area (Å²) in [7, 11) is -3.68. The highest BCUT2D eigenvalue weighted by Gasteiger charge is 2.22. The molecule has 200 valence electrons. The van der Waals surface area contributed by atoms with E-state index in [1.54, 1.807) is 19.9 Å². The first-order chi connectivity index (χ1) is 18.0. The molecule has 0 aliphatic heterocycles. The summed E-state index contributed by atoms with van der Waals surface area (Å²) >= 11 is 6.02. The molecule has 0 aromatic heterocycles. The summed E-state index contributed by atoms with van der Waals surface area (Å²) in [6.45, 7) is 7.08.